The van der Waals surface area contributed by atoms with Crippen molar-refractivity contribution >= 4 is 17.5 Å². The number of benzene rings is 1. The second kappa shape index (κ2) is 6.64. The zero-order valence-electron chi connectivity index (χ0n) is 9.85. The molecule has 0 aliphatic heterocycles. The van der Waals surface area contributed by atoms with Crippen LogP contribution in [0.4, 0.5) is 13.2 Å². The molecule has 0 radical (unpaired) electrons. The molecule has 1 amide bonds. The standard InChI is InChI=1S/C12H13ClF3NO/c1-2-17(5-3-4-13)12(18)11-9(15)6-8(14)7-10(11)16/h6-7H,2-5H2,1H3. The molecule has 2 nitrogen and oxygen atoms in total. The molecule has 100 valence electrons. The van der Waals surface area contributed by atoms with Gasteiger partial charge in [0.1, 0.15) is 23.0 Å². The lowest BCUT2D eigenvalue weighted by Gasteiger charge is -2.21. The molecule has 0 saturated carbocycles. The summed E-state index contributed by atoms with van der Waals surface area (Å²) in [5.74, 6) is -3.88. The van der Waals surface area contributed by atoms with E-state index in [1.165, 1.54) is 4.90 Å². The average Bonchev–Trinajstić information content (AvgIpc) is 2.28. The maximum Gasteiger partial charge on any atom is 0.259 e. The number of nitrogens with zero attached hydrogens (tertiary/aromatic N) is 1. The normalized spacial score (nSPS) is 10.5. The number of alkyl halides is 1. The maximum absolute atomic E-state index is 13.4. The molecule has 0 fully saturated rings. The smallest absolute Gasteiger partial charge is 0.259 e. The Morgan fingerprint density at radius 3 is 2.28 bits per heavy atom. The Morgan fingerprint density at radius 2 is 1.83 bits per heavy atom. The third-order valence-corrected chi connectivity index (χ3v) is 2.72. The van der Waals surface area contributed by atoms with Gasteiger partial charge in [-0.15, -0.1) is 11.6 Å². The van der Waals surface area contributed by atoms with Crippen molar-refractivity contribution in [2.24, 2.45) is 0 Å². The van der Waals surface area contributed by atoms with Crippen LogP contribution in [0.1, 0.15) is 23.7 Å². The third-order valence-electron chi connectivity index (χ3n) is 2.45. The van der Waals surface area contributed by atoms with Crippen LogP contribution in [0.2, 0.25) is 0 Å². The minimum absolute atomic E-state index is 0.298. The molecule has 18 heavy (non-hydrogen) atoms. The Hall–Kier alpha value is -1.23. The van der Waals surface area contributed by atoms with E-state index in [4.69, 9.17) is 11.6 Å². The first-order valence-corrected chi connectivity index (χ1v) is 6.04. The van der Waals surface area contributed by atoms with Crippen LogP contribution < -0.4 is 0 Å². The van der Waals surface area contributed by atoms with Crippen LogP contribution in [-0.4, -0.2) is 29.8 Å². The quantitative estimate of drug-likeness (QED) is 0.758. The van der Waals surface area contributed by atoms with E-state index < -0.39 is 28.9 Å². The summed E-state index contributed by atoms with van der Waals surface area (Å²) >= 11 is 5.50. The molecule has 1 aromatic carbocycles. The number of carbonyl (C=O) groups excluding carboxylic acids is 1. The molecule has 0 saturated heterocycles. The van der Waals surface area contributed by atoms with Crippen LogP contribution >= 0.6 is 11.6 Å². The summed E-state index contributed by atoms with van der Waals surface area (Å²) in [6.07, 6.45) is 0.519. The fourth-order valence-corrected chi connectivity index (χ4v) is 1.68. The maximum atomic E-state index is 13.4. The molecular formula is C12H13ClF3NO. The molecule has 1 rings (SSSR count). The van der Waals surface area contributed by atoms with Crippen molar-refractivity contribution in [3.05, 3.63) is 35.1 Å². The molecule has 0 N–H and O–H groups in total. The van der Waals surface area contributed by atoms with E-state index in [1.54, 1.807) is 6.92 Å². The second-order valence-corrected chi connectivity index (χ2v) is 4.05. The highest BCUT2D eigenvalue weighted by molar-refractivity contribution is 6.17. The number of carbonyl (C=O) groups is 1. The Morgan fingerprint density at radius 1 is 1.28 bits per heavy atom. The lowest BCUT2D eigenvalue weighted by molar-refractivity contribution is 0.0755. The summed E-state index contributed by atoms with van der Waals surface area (Å²) < 4.78 is 39.6. The molecule has 0 spiro atoms. The molecule has 6 heteroatoms. The Labute approximate surface area is 108 Å². The SMILES string of the molecule is CCN(CCCCl)C(=O)c1c(F)cc(F)cc1F. The monoisotopic (exact) mass is 279 g/mol. The number of hydrogen-bond acceptors (Lipinski definition) is 1. The van der Waals surface area contributed by atoms with E-state index in [0.717, 1.165) is 0 Å². The molecule has 0 aliphatic carbocycles. The summed E-state index contributed by atoms with van der Waals surface area (Å²) in [6, 6.07) is 0.984. The molecule has 0 bridgehead atoms. The van der Waals surface area contributed by atoms with E-state index in [0.29, 0.717) is 37.5 Å². The van der Waals surface area contributed by atoms with Gasteiger partial charge in [0.05, 0.1) is 0 Å². The van der Waals surface area contributed by atoms with E-state index in [-0.39, 0.29) is 0 Å². The van der Waals surface area contributed by atoms with Gasteiger partial charge in [-0.1, -0.05) is 0 Å². The predicted molar refractivity (Wildman–Crippen MR) is 63.2 cm³/mol. The van der Waals surface area contributed by atoms with Gasteiger partial charge in [0, 0.05) is 31.1 Å². The van der Waals surface area contributed by atoms with Gasteiger partial charge in [0.25, 0.3) is 5.91 Å². The predicted octanol–water partition coefficient (Wildman–Crippen LogP) is 3.19. The van der Waals surface area contributed by atoms with Crippen molar-refractivity contribution in [1.82, 2.24) is 4.90 Å². The second-order valence-electron chi connectivity index (χ2n) is 3.67. The summed E-state index contributed by atoms with van der Waals surface area (Å²) in [7, 11) is 0. The largest absolute Gasteiger partial charge is 0.339 e. The zero-order chi connectivity index (χ0) is 13.7. The van der Waals surface area contributed by atoms with E-state index in [1.807, 2.05) is 0 Å². The molecule has 0 aromatic heterocycles. The molecule has 0 aliphatic rings. The Kier molecular flexibility index (Phi) is 5.47. The summed E-state index contributed by atoms with van der Waals surface area (Å²) in [6.45, 7) is 2.28. The lowest BCUT2D eigenvalue weighted by Crippen LogP contribution is -2.33. The Bertz CT molecular complexity index is 416. The summed E-state index contributed by atoms with van der Waals surface area (Å²) in [4.78, 5) is 13.2. The first-order valence-electron chi connectivity index (χ1n) is 5.51. The summed E-state index contributed by atoms with van der Waals surface area (Å²) in [5, 5.41) is 0. The molecule has 0 unspecified atom stereocenters. The van der Waals surface area contributed by atoms with E-state index >= 15 is 0 Å². The first kappa shape index (κ1) is 14.8. The third kappa shape index (κ3) is 3.38. The van der Waals surface area contributed by atoms with Crippen molar-refractivity contribution in [2.45, 2.75) is 13.3 Å². The topological polar surface area (TPSA) is 20.3 Å². The van der Waals surface area contributed by atoms with Crippen LogP contribution in [0, 0.1) is 17.5 Å². The van der Waals surface area contributed by atoms with E-state index in [9.17, 15) is 18.0 Å². The van der Waals surface area contributed by atoms with Crippen molar-refractivity contribution in [2.75, 3.05) is 19.0 Å². The average molecular weight is 280 g/mol. The van der Waals surface area contributed by atoms with Crippen LogP contribution in [0.15, 0.2) is 12.1 Å². The van der Waals surface area contributed by atoms with Gasteiger partial charge >= 0.3 is 0 Å². The van der Waals surface area contributed by atoms with Crippen LogP contribution in [-0.2, 0) is 0 Å². The fraction of sp³-hybridized carbons (Fsp3) is 0.417. The minimum atomic E-state index is -1.19. The fourth-order valence-electron chi connectivity index (χ4n) is 1.56. The lowest BCUT2D eigenvalue weighted by atomic mass is 10.1. The van der Waals surface area contributed by atoms with Crippen LogP contribution in [0.5, 0.6) is 0 Å². The van der Waals surface area contributed by atoms with Gasteiger partial charge in [-0.3, -0.25) is 4.79 Å². The van der Waals surface area contributed by atoms with Crippen molar-refractivity contribution in [3.8, 4) is 0 Å². The van der Waals surface area contributed by atoms with Gasteiger partial charge in [0.2, 0.25) is 0 Å². The van der Waals surface area contributed by atoms with Gasteiger partial charge in [-0.05, 0) is 13.3 Å². The Balaban J connectivity index is 3.01. The molecule has 0 atom stereocenters. The van der Waals surface area contributed by atoms with Crippen LogP contribution in [0.3, 0.4) is 0 Å². The first-order chi connectivity index (χ1) is 8.51. The van der Waals surface area contributed by atoms with Crippen molar-refractivity contribution in [1.29, 1.82) is 0 Å². The van der Waals surface area contributed by atoms with Crippen LogP contribution in [0.25, 0.3) is 0 Å². The van der Waals surface area contributed by atoms with Crippen molar-refractivity contribution < 1.29 is 18.0 Å². The minimum Gasteiger partial charge on any atom is -0.339 e. The highest BCUT2D eigenvalue weighted by atomic mass is 35.5. The molecular weight excluding hydrogens is 267 g/mol. The number of hydrogen-bond donors (Lipinski definition) is 0. The number of amides is 1. The number of rotatable bonds is 5. The molecule has 1 aromatic rings. The number of halogens is 4. The zero-order valence-corrected chi connectivity index (χ0v) is 10.6. The van der Waals surface area contributed by atoms with Gasteiger partial charge in [0.15, 0.2) is 0 Å². The van der Waals surface area contributed by atoms with Crippen molar-refractivity contribution in [3.63, 3.8) is 0 Å². The van der Waals surface area contributed by atoms with E-state index in [2.05, 4.69) is 0 Å². The van der Waals surface area contributed by atoms with Gasteiger partial charge < -0.3 is 4.90 Å². The van der Waals surface area contributed by atoms with Gasteiger partial charge in [-0.25, -0.2) is 13.2 Å². The highest BCUT2D eigenvalue weighted by Gasteiger charge is 2.23. The van der Waals surface area contributed by atoms with Gasteiger partial charge in [-0.2, -0.15) is 0 Å². The molecule has 0 heterocycles. The summed E-state index contributed by atoms with van der Waals surface area (Å²) in [5.41, 5.74) is -0.729. The highest BCUT2D eigenvalue weighted by Crippen LogP contribution is 2.17.